The quantitative estimate of drug-likeness (QED) is 0.461. The Morgan fingerprint density at radius 1 is 1.16 bits per heavy atom. The lowest BCUT2D eigenvalue weighted by Crippen LogP contribution is -2.44. The molecule has 1 aliphatic carbocycles. The molecule has 1 aromatic heterocycles. The summed E-state index contributed by atoms with van der Waals surface area (Å²) in [6, 6.07) is 10.3. The minimum absolute atomic E-state index is 0.127. The van der Waals surface area contributed by atoms with Gasteiger partial charge < -0.3 is 29.4 Å². The molecule has 4 rings (SSSR count). The normalized spacial score (nSPS) is 24.2. The van der Waals surface area contributed by atoms with Crippen LogP contribution in [-0.2, 0) is 14.3 Å². The summed E-state index contributed by atoms with van der Waals surface area (Å²) >= 11 is 0. The van der Waals surface area contributed by atoms with E-state index in [9.17, 15) is 14.7 Å². The minimum atomic E-state index is -0.870. The smallest absolute Gasteiger partial charge is 0.329 e. The lowest BCUT2D eigenvalue weighted by molar-refractivity contribution is -0.161. The third-order valence-electron chi connectivity index (χ3n) is 6.93. The first kappa shape index (κ1) is 26.7. The molecule has 2 aliphatic rings. The Labute approximate surface area is 217 Å². The average molecular weight is 513 g/mol. The number of ether oxygens (including phenoxy) is 4. The molecule has 1 aliphatic heterocycles. The number of cyclic esters (lactones) is 1. The van der Waals surface area contributed by atoms with Crippen LogP contribution in [0.15, 0.2) is 42.6 Å². The molecule has 4 atom stereocenters. The van der Waals surface area contributed by atoms with Crippen molar-refractivity contribution in [3.05, 3.63) is 48.3 Å². The molecular weight excluding hydrogens is 476 g/mol. The number of hydrogen-bond acceptors (Lipinski definition) is 8. The van der Waals surface area contributed by atoms with Gasteiger partial charge in [0.1, 0.15) is 17.9 Å². The Balaban J connectivity index is 1.43. The number of amides is 1. The Morgan fingerprint density at radius 3 is 2.68 bits per heavy atom. The van der Waals surface area contributed by atoms with Crippen molar-refractivity contribution in [3.63, 3.8) is 0 Å². The Morgan fingerprint density at radius 2 is 1.95 bits per heavy atom. The van der Waals surface area contributed by atoms with E-state index >= 15 is 0 Å². The van der Waals surface area contributed by atoms with Crippen LogP contribution in [0.25, 0.3) is 0 Å². The van der Waals surface area contributed by atoms with Crippen LogP contribution >= 0.6 is 0 Å². The number of esters is 1. The minimum Gasteiger partial charge on any atom is -0.503 e. The second-order valence-electron chi connectivity index (χ2n) is 9.76. The van der Waals surface area contributed by atoms with Crippen LogP contribution < -0.4 is 14.8 Å². The number of nitrogens with zero attached hydrogens (tertiary/aromatic N) is 1. The fourth-order valence-corrected chi connectivity index (χ4v) is 4.66. The van der Waals surface area contributed by atoms with Gasteiger partial charge >= 0.3 is 5.97 Å². The lowest BCUT2D eigenvalue weighted by Gasteiger charge is -2.31. The molecule has 2 heterocycles. The van der Waals surface area contributed by atoms with Crippen LogP contribution in [0, 0.1) is 11.8 Å². The van der Waals surface area contributed by atoms with Crippen molar-refractivity contribution < 1.29 is 33.6 Å². The Hall–Kier alpha value is -3.33. The van der Waals surface area contributed by atoms with E-state index in [4.69, 9.17) is 18.9 Å². The SMILES string of the molecule is COc1ccnc(C(=O)NC2CCCC(CCOc3ccccc3)C(OCC3CC3)C(C)OC2=O)c1O. The number of methoxy groups -OCH3 is 1. The highest BCUT2D eigenvalue weighted by Gasteiger charge is 2.36. The molecule has 9 heteroatoms. The van der Waals surface area contributed by atoms with Gasteiger partial charge in [0.15, 0.2) is 17.2 Å². The second-order valence-corrected chi connectivity index (χ2v) is 9.76. The van der Waals surface area contributed by atoms with Crippen LogP contribution in [0.2, 0.25) is 0 Å². The second kappa shape index (κ2) is 12.8. The van der Waals surface area contributed by atoms with Gasteiger partial charge in [-0.15, -0.1) is 0 Å². The lowest BCUT2D eigenvalue weighted by atomic mass is 9.89. The summed E-state index contributed by atoms with van der Waals surface area (Å²) in [5, 5.41) is 13.0. The number of hydrogen-bond donors (Lipinski definition) is 2. The standard InChI is InChI=1S/C28H36N2O7/c1-18-26(36-17-19-11-12-19)20(14-16-35-21-8-4-3-5-9-21)7-6-10-22(28(33)37-18)30-27(32)24-25(31)23(34-2)13-15-29-24/h3-5,8-9,13,15,18-20,22,26,31H,6-7,10-12,14,16-17H2,1-2H3,(H,30,32). The fourth-order valence-electron chi connectivity index (χ4n) is 4.66. The zero-order chi connectivity index (χ0) is 26.2. The van der Waals surface area contributed by atoms with Crippen molar-refractivity contribution in [2.75, 3.05) is 20.3 Å². The highest BCUT2D eigenvalue weighted by molar-refractivity contribution is 5.97. The van der Waals surface area contributed by atoms with Crippen molar-refractivity contribution in [2.45, 2.75) is 63.7 Å². The molecule has 37 heavy (non-hydrogen) atoms. The van der Waals surface area contributed by atoms with Crippen LogP contribution in [0.5, 0.6) is 17.2 Å². The molecule has 1 amide bonds. The van der Waals surface area contributed by atoms with Gasteiger partial charge in [0, 0.05) is 18.9 Å². The van der Waals surface area contributed by atoms with Crippen molar-refractivity contribution in [3.8, 4) is 17.2 Å². The Bertz CT molecular complexity index is 1040. The van der Waals surface area contributed by atoms with Gasteiger partial charge in [-0.2, -0.15) is 0 Å². The largest absolute Gasteiger partial charge is 0.503 e. The van der Waals surface area contributed by atoms with E-state index in [-0.39, 0.29) is 29.2 Å². The number of para-hydroxylation sites is 1. The van der Waals surface area contributed by atoms with E-state index in [0.29, 0.717) is 32.0 Å². The number of nitrogens with one attached hydrogen (secondary N) is 1. The molecule has 0 radical (unpaired) electrons. The molecule has 1 saturated carbocycles. The van der Waals surface area contributed by atoms with Crippen molar-refractivity contribution >= 4 is 11.9 Å². The molecule has 0 spiro atoms. The summed E-state index contributed by atoms with van der Waals surface area (Å²) in [6.07, 6.45) is 5.58. The van der Waals surface area contributed by atoms with Crippen molar-refractivity contribution in [2.24, 2.45) is 11.8 Å². The van der Waals surface area contributed by atoms with E-state index < -0.39 is 24.0 Å². The number of aromatic nitrogens is 1. The van der Waals surface area contributed by atoms with E-state index in [0.717, 1.165) is 18.6 Å². The maximum absolute atomic E-state index is 13.1. The average Bonchev–Trinajstić information content (AvgIpc) is 3.72. The maximum Gasteiger partial charge on any atom is 0.329 e. The molecule has 4 unspecified atom stereocenters. The van der Waals surface area contributed by atoms with Gasteiger partial charge in [0.05, 0.1) is 19.8 Å². The van der Waals surface area contributed by atoms with Crippen LogP contribution in [-0.4, -0.2) is 60.5 Å². The van der Waals surface area contributed by atoms with Crippen molar-refractivity contribution in [1.82, 2.24) is 10.3 Å². The summed E-state index contributed by atoms with van der Waals surface area (Å²) in [4.78, 5) is 29.9. The molecule has 2 aromatic rings. The summed E-state index contributed by atoms with van der Waals surface area (Å²) in [5.74, 6) is 0.0821. The van der Waals surface area contributed by atoms with E-state index in [2.05, 4.69) is 10.3 Å². The molecule has 200 valence electrons. The summed E-state index contributed by atoms with van der Waals surface area (Å²) in [6.45, 7) is 3.03. The van der Waals surface area contributed by atoms with E-state index in [1.807, 2.05) is 37.3 Å². The van der Waals surface area contributed by atoms with Gasteiger partial charge in [-0.1, -0.05) is 24.6 Å². The number of benzene rings is 1. The summed E-state index contributed by atoms with van der Waals surface area (Å²) < 4.78 is 23.2. The van der Waals surface area contributed by atoms with Gasteiger partial charge in [-0.3, -0.25) is 4.79 Å². The highest BCUT2D eigenvalue weighted by atomic mass is 16.6. The first-order chi connectivity index (χ1) is 18.0. The number of aromatic hydroxyl groups is 1. The first-order valence-electron chi connectivity index (χ1n) is 13.0. The van der Waals surface area contributed by atoms with Crippen LogP contribution in [0.1, 0.15) is 55.9 Å². The predicted molar refractivity (Wildman–Crippen MR) is 136 cm³/mol. The monoisotopic (exact) mass is 512 g/mol. The van der Waals surface area contributed by atoms with Crippen molar-refractivity contribution in [1.29, 1.82) is 0 Å². The summed E-state index contributed by atoms with van der Waals surface area (Å²) in [5.41, 5.74) is -0.207. The fraction of sp³-hybridized carbons (Fsp3) is 0.536. The third-order valence-corrected chi connectivity index (χ3v) is 6.93. The van der Waals surface area contributed by atoms with Gasteiger partial charge in [-0.25, -0.2) is 9.78 Å². The molecule has 9 nitrogen and oxygen atoms in total. The molecule has 2 N–H and O–H groups in total. The van der Waals surface area contributed by atoms with Crippen LogP contribution in [0.4, 0.5) is 0 Å². The first-order valence-corrected chi connectivity index (χ1v) is 13.0. The predicted octanol–water partition coefficient (Wildman–Crippen LogP) is 3.89. The molecule has 1 saturated heterocycles. The number of pyridine rings is 1. The molecule has 1 aromatic carbocycles. The molecule has 0 bridgehead atoms. The van der Waals surface area contributed by atoms with Gasteiger partial charge in [-0.05, 0) is 63.0 Å². The topological polar surface area (TPSA) is 116 Å². The molecule has 2 fully saturated rings. The zero-order valence-corrected chi connectivity index (χ0v) is 21.4. The van der Waals surface area contributed by atoms with Crippen LogP contribution in [0.3, 0.4) is 0 Å². The maximum atomic E-state index is 13.1. The van der Waals surface area contributed by atoms with E-state index in [1.165, 1.54) is 32.2 Å². The highest BCUT2D eigenvalue weighted by Crippen LogP contribution is 2.33. The van der Waals surface area contributed by atoms with Gasteiger partial charge in [0.25, 0.3) is 5.91 Å². The number of rotatable bonds is 10. The number of carbonyl (C=O) groups is 2. The van der Waals surface area contributed by atoms with E-state index in [1.54, 1.807) is 0 Å². The number of carbonyl (C=O) groups excluding carboxylic acids is 2. The third kappa shape index (κ3) is 7.35. The molecular formula is C28H36N2O7. The zero-order valence-electron chi connectivity index (χ0n) is 21.4. The Kier molecular flexibility index (Phi) is 9.22. The summed E-state index contributed by atoms with van der Waals surface area (Å²) in [7, 11) is 1.39. The van der Waals surface area contributed by atoms with Gasteiger partial charge in [0.2, 0.25) is 0 Å².